The van der Waals surface area contributed by atoms with Gasteiger partial charge < -0.3 is 10.4 Å². The molecule has 0 radical (unpaired) electrons. The second-order valence-corrected chi connectivity index (χ2v) is 5.45. The predicted molar refractivity (Wildman–Crippen MR) is 74.1 cm³/mol. The van der Waals surface area contributed by atoms with E-state index >= 15 is 0 Å². The number of nitrogens with one attached hydrogen (secondary N) is 1. The lowest BCUT2D eigenvalue weighted by molar-refractivity contribution is 0.0910. The lowest BCUT2D eigenvalue weighted by Gasteiger charge is -2.12. The Morgan fingerprint density at radius 3 is 3.00 bits per heavy atom. The fourth-order valence-electron chi connectivity index (χ4n) is 1.43. The summed E-state index contributed by atoms with van der Waals surface area (Å²) in [6.45, 7) is 1.86. The number of thiazole rings is 1. The number of hydrogen-bond donors (Lipinski definition) is 2. The number of hydrogen-bond acceptors (Lipinski definition) is 5. The van der Waals surface area contributed by atoms with Crippen LogP contribution in [0.5, 0.6) is 0 Å². The largest absolute Gasteiger partial charge is 0.394 e. The zero-order valence-corrected chi connectivity index (χ0v) is 11.6. The maximum atomic E-state index is 11.9. The molecule has 4 nitrogen and oxygen atoms in total. The second-order valence-electron chi connectivity index (χ2n) is 3.81. The van der Waals surface area contributed by atoms with E-state index in [0.717, 1.165) is 10.6 Å². The molecule has 1 unspecified atom stereocenters. The molecule has 1 atom stereocenters. The van der Waals surface area contributed by atoms with E-state index < -0.39 is 0 Å². The molecule has 0 aliphatic rings. The molecule has 0 aliphatic carbocycles. The monoisotopic (exact) mass is 282 g/mol. The summed E-state index contributed by atoms with van der Waals surface area (Å²) >= 11 is 3.05. The van der Waals surface area contributed by atoms with E-state index in [1.807, 2.05) is 23.8 Å². The summed E-state index contributed by atoms with van der Waals surface area (Å²) in [5.74, 6) is -0.228. The number of aliphatic hydroxyl groups excluding tert-OH is 1. The van der Waals surface area contributed by atoms with E-state index in [1.54, 1.807) is 16.7 Å². The van der Waals surface area contributed by atoms with Crippen LogP contribution in [0.3, 0.4) is 0 Å². The number of aliphatic hydroxyl groups is 1. The zero-order valence-electron chi connectivity index (χ0n) is 9.92. The van der Waals surface area contributed by atoms with Crippen molar-refractivity contribution in [1.29, 1.82) is 0 Å². The molecule has 0 bridgehead atoms. The standard InChI is InChI=1S/C12H14N2O2S2/c1-2-9(5-15)13-11(16)10-7-18-12(14-10)8-3-4-17-6-8/h3-4,6-7,9,15H,2,5H2,1H3,(H,13,16). The number of nitrogens with zero attached hydrogens (tertiary/aromatic N) is 1. The van der Waals surface area contributed by atoms with Gasteiger partial charge in [0.05, 0.1) is 12.6 Å². The average Bonchev–Trinajstić information content (AvgIpc) is 3.04. The molecule has 6 heteroatoms. The molecular formula is C12H14N2O2S2. The Hall–Kier alpha value is -1.24. The van der Waals surface area contributed by atoms with Crippen molar-refractivity contribution < 1.29 is 9.90 Å². The van der Waals surface area contributed by atoms with Crippen LogP contribution < -0.4 is 5.32 Å². The minimum Gasteiger partial charge on any atom is -0.394 e. The third-order valence-corrected chi connectivity index (χ3v) is 4.13. The first-order chi connectivity index (χ1) is 8.74. The predicted octanol–water partition coefficient (Wildman–Crippen LogP) is 2.37. The first-order valence-electron chi connectivity index (χ1n) is 5.64. The second kappa shape index (κ2) is 6.08. The molecule has 0 saturated heterocycles. The Labute approximate surface area is 113 Å². The zero-order chi connectivity index (χ0) is 13.0. The van der Waals surface area contributed by atoms with Gasteiger partial charge in [0.1, 0.15) is 10.7 Å². The van der Waals surface area contributed by atoms with Crippen molar-refractivity contribution in [2.45, 2.75) is 19.4 Å². The van der Waals surface area contributed by atoms with E-state index in [-0.39, 0.29) is 18.6 Å². The lowest BCUT2D eigenvalue weighted by Crippen LogP contribution is -2.37. The van der Waals surface area contributed by atoms with Gasteiger partial charge in [-0.05, 0) is 17.9 Å². The van der Waals surface area contributed by atoms with Crippen LogP contribution in [0.2, 0.25) is 0 Å². The Morgan fingerprint density at radius 1 is 1.56 bits per heavy atom. The van der Waals surface area contributed by atoms with Crippen molar-refractivity contribution in [2.24, 2.45) is 0 Å². The molecule has 0 fully saturated rings. The van der Waals surface area contributed by atoms with Crippen molar-refractivity contribution in [3.05, 3.63) is 27.9 Å². The highest BCUT2D eigenvalue weighted by Crippen LogP contribution is 2.25. The van der Waals surface area contributed by atoms with Crippen molar-refractivity contribution in [1.82, 2.24) is 10.3 Å². The van der Waals surface area contributed by atoms with Gasteiger partial charge in [0.15, 0.2) is 0 Å². The molecule has 2 aromatic heterocycles. The lowest BCUT2D eigenvalue weighted by atomic mass is 10.2. The van der Waals surface area contributed by atoms with Gasteiger partial charge >= 0.3 is 0 Å². The number of amides is 1. The topological polar surface area (TPSA) is 62.2 Å². The summed E-state index contributed by atoms with van der Waals surface area (Å²) in [5, 5.41) is 18.4. The Bertz CT molecular complexity index is 504. The quantitative estimate of drug-likeness (QED) is 0.885. The van der Waals surface area contributed by atoms with Crippen LogP contribution in [-0.4, -0.2) is 28.6 Å². The first-order valence-corrected chi connectivity index (χ1v) is 7.46. The number of rotatable bonds is 5. The molecule has 2 rings (SSSR count). The molecule has 0 aliphatic heterocycles. The molecule has 0 spiro atoms. The molecule has 2 aromatic rings. The summed E-state index contributed by atoms with van der Waals surface area (Å²) in [6.07, 6.45) is 0.698. The van der Waals surface area contributed by atoms with Crippen LogP contribution in [0.4, 0.5) is 0 Å². The number of aromatic nitrogens is 1. The van der Waals surface area contributed by atoms with Crippen molar-refractivity contribution in [3.8, 4) is 10.6 Å². The highest BCUT2D eigenvalue weighted by atomic mass is 32.1. The van der Waals surface area contributed by atoms with Crippen LogP contribution in [0.15, 0.2) is 22.2 Å². The molecule has 2 N–H and O–H groups in total. The van der Waals surface area contributed by atoms with Gasteiger partial charge in [-0.3, -0.25) is 4.79 Å². The molecular weight excluding hydrogens is 268 g/mol. The highest BCUT2D eigenvalue weighted by Gasteiger charge is 2.15. The Balaban J connectivity index is 2.08. The third-order valence-electron chi connectivity index (χ3n) is 2.55. The first kappa shape index (κ1) is 13.2. The van der Waals surface area contributed by atoms with Crippen LogP contribution in [0.25, 0.3) is 10.6 Å². The average molecular weight is 282 g/mol. The minimum atomic E-state index is -0.228. The molecule has 2 heterocycles. The van der Waals surface area contributed by atoms with Crippen molar-refractivity contribution >= 4 is 28.6 Å². The summed E-state index contributed by atoms with van der Waals surface area (Å²) in [4.78, 5) is 16.2. The summed E-state index contributed by atoms with van der Waals surface area (Å²) in [6, 6.07) is 1.78. The van der Waals surface area contributed by atoms with Gasteiger partial charge in [0.25, 0.3) is 5.91 Å². The van der Waals surface area contributed by atoms with Gasteiger partial charge in [0, 0.05) is 16.3 Å². The van der Waals surface area contributed by atoms with E-state index in [9.17, 15) is 4.79 Å². The smallest absolute Gasteiger partial charge is 0.271 e. The minimum absolute atomic E-state index is 0.0518. The SMILES string of the molecule is CCC(CO)NC(=O)c1csc(-c2ccsc2)n1. The van der Waals surface area contributed by atoms with Crippen LogP contribution >= 0.6 is 22.7 Å². The van der Waals surface area contributed by atoms with Crippen LogP contribution in [0.1, 0.15) is 23.8 Å². The summed E-state index contributed by atoms with van der Waals surface area (Å²) in [5.41, 5.74) is 1.45. The molecule has 96 valence electrons. The van der Waals surface area contributed by atoms with Crippen LogP contribution in [0, 0.1) is 0 Å². The van der Waals surface area contributed by atoms with Crippen LogP contribution in [-0.2, 0) is 0 Å². The van der Waals surface area contributed by atoms with Gasteiger partial charge in [-0.1, -0.05) is 6.92 Å². The number of carbonyl (C=O) groups is 1. The van der Waals surface area contributed by atoms with Crippen molar-refractivity contribution in [2.75, 3.05) is 6.61 Å². The highest BCUT2D eigenvalue weighted by molar-refractivity contribution is 7.14. The van der Waals surface area contributed by atoms with E-state index in [1.165, 1.54) is 11.3 Å². The third kappa shape index (κ3) is 2.95. The summed E-state index contributed by atoms with van der Waals surface area (Å²) in [7, 11) is 0. The van der Waals surface area contributed by atoms with Gasteiger partial charge in [-0.25, -0.2) is 4.98 Å². The van der Waals surface area contributed by atoms with E-state index in [2.05, 4.69) is 10.3 Å². The van der Waals surface area contributed by atoms with E-state index in [4.69, 9.17) is 5.11 Å². The van der Waals surface area contributed by atoms with Gasteiger partial charge in [-0.15, -0.1) is 11.3 Å². The number of carbonyl (C=O) groups excluding carboxylic acids is 1. The molecule has 0 saturated carbocycles. The van der Waals surface area contributed by atoms with Crippen molar-refractivity contribution in [3.63, 3.8) is 0 Å². The Kier molecular flexibility index (Phi) is 4.46. The molecule has 0 aromatic carbocycles. The Morgan fingerprint density at radius 2 is 2.39 bits per heavy atom. The summed E-state index contributed by atoms with van der Waals surface area (Å²) < 4.78 is 0. The number of thiophene rings is 1. The maximum absolute atomic E-state index is 11.9. The van der Waals surface area contributed by atoms with Gasteiger partial charge in [0.2, 0.25) is 0 Å². The fourth-order valence-corrected chi connectivity index (χ4v) is 2.95. The normalized spacial score (nSPS) is 12.3. The molecule has 1 amide bonds. The maximum Gasteiger partial charge on any atom is 0.271 e. The fraction of sp³-hybridized carbons (Fsp3) is 0.333. The van der Waals surface area contributed by atoms with E-state index in [0.29, 0.717) is 12.1 Å². The van der Waals surface area contributed by atoms with Gasteiger partial charge in [-0.2, -0.15) is 11.3 Å². The molecule has 18 heavy (non-hydrogen) atoms.